The Labute approximate surface area is 377 Å². The minimum absolute atomic E-state index is 0.0240. The summed E-state index contributed by atoms with van der Waals surface area (Å²) in [4.78, 5) is 0. The molecule has 3 unspecified atom stereocenters. The van der Waals surface area contributed by atoms with Gasteiger partial charge in [0.15, 0.2) is 37.7 Å². The molecule has 10 rings (SSSR count). The molecule has 340 valence electrons. The average molecular weight is 938 g/mol. The van der Waals surface area contributed by atoms with E-state index >= 15 is 0 Å². The normalized spacial score (nSPS) is 41.7. The van der Waals surface area contributed by atoms with Gasteiger partial charge in [0.25, 0.3) is 0 Å². The Hall–Kier alpha value is -2.37. The van der Waals surface area contributed by atoms with E-state index in [1.165, 1.54) is 0 Å². The van der Waals surface area contributed by atoms with E-state index in [1.54, 1.807) is 72.8 Å². The average Bonchev–Trinajstić information content (AvgIpc) is 3.82. The lowest BCUT2D eigenvalue weighted by atomic mass is 9.94. The standard InChI is InChI=1S/C44H47Cl3O16/c45-23-11-5-20(6-12-23)39-52-17-27-34(59-39)30(48)31(49)42(56-27)62-38-33(51)44(58-29-19-54-41(61-36(29)38)22-9-15-25(47)16-10-22)63-37-32(50)43(55-26-3-1-2-4-26)57-28-18-53-40(60-35(28)37)21-7-13-24(46)14-8-21/h1-2,5-16,26-44,48-51H,3-4,17-19H2/t27-,28-,29-,30-,31-,32-,33-,34-,35-,36-,37-,38-,39?,40?,41?,42+,43-,44+/m1/s1. The zero-order chi connectivity index (χ0) is 43.4. The third-order valence-corrected chi connectivity index (χ3v) is 13.0. The molecule has 18 atom stereocenters. The first-order chi connectivity index (χ1) is 30.6. The molecule has 0 radical (unpaired) electrons. The Bertz CT molecular complexity index is 2020. The van der Waals surface area contributed by atoms with Gasteiger partial charge in [-0.15, -0.1) is 0 Å². The third-order valence-electron chi connectivity index (χ3n) is 12.2. The van der Waals surface area contributed by atoms with Crippen LogP contribution in [0.1, 0.15) is 48.4 Å². The summed E-state index contributed by atoms with van der Waals surface area (Å²) < 4.78 is 75.4. The largest absolute Gasteiger partial charge is 0.387 e. The van der Waals surface area contributed by atoms with Crippen molar-refractivity contribution in [1.82, 2.24) is 0 Å². The Morgan fingerprint density at radius 3 is 1.17 bits per heavy atom. The molecule has 3 aromatic rings. The van der Waals surface area contributed by atoms with Crippen molar-refractivity contribution in [3.63, 3.8) is 0 Å². The van der Waals surface area contributed by atoms with Gasteiger partial charge in [0.2, 0.25) is 0 Å². The summed E-state index contributed by atoms with van der Waals surface area (Å²) in [7, 11) is 0. The molecule has 6 heterocycles. The van der Waals surface area contributed by atoms with Gasteiger partial charge in [-0.3, -0.25) is 0 Å². The van der Waals surface area contributed by atoms with Crippen LogP contribution in [0.15, 0.2) is 84.9 Å². The highest BCUT2D eigenvalue weighted by Crippen LogP contribution is 2.42. The number of halogens is 3. The summed E-state index contributed by atoms with van der Waals surface area (Å²) in [5, 5.41) is 48.9. The van der Waals surface area contributed by atoms with Gasteiger partial charge >= 0.3 is 0 Å². The highest BCUT2D eigenvalue weighted by molar-refractivity contribution is 6.31. The number of aliphatic hydroxyl groups is 4. The molecule has 19 heteroatoms. The van der Waals surface area contributed by atoms with Crippen molar-refractivity contribution in [2.24, 2.45) is 0 Å². The molecule has 7 aliphatic rings. The fourth-order valence-electron chi connectivity index (χ4n) is 8.92. The molecule has 0 amide bonds. The molecule has 16 nitrogen and oxygen atoms in total. The van der Waals surface area contributed by atoms with Crippen LogP contribution in [0.25, 0.3) is 0 Å². The molecule has 3 aromatic carbocycles. The molecular weight excluding hydrogens is 891 g/mol. The minimum atomic E-state index is -1.66. The predicted octanol–water partition coefficient (Wildman–Crippen LogP) is 4.41. The van der Waals surface area contributed by atoms with Crippen molar-refractivity contribution >= 4 is 34.8 Å². The van der Waals surface area contributed by atoms with Crippen LogP contribution in [0.4, 0.5) is 0 Å². The highest BCUT2D eigenvalue weighted by Gasteiger charge is 2.58. The molecule has 0 spiro atoms. The molecule has 0 bridgehead atoms. The van der Waals surface area contributed by atoms with E-state index in [4.69, 9.17) is 91.6 Å². The first-order valence-electron chi connectivity index (χ1n) is 20.9. The van der Waals surface area contributed by atoms with Crippen LogP contribution in [-0.4, -0.2) is 138 Å². The van der Waals surface area contributed by atoms with Crippen molar-refractivity contribution in [3.05, 3.63) is 117 Å². The van der Waals surface area contributed by atoms with E-state index in [-0.39, 0.29) is 25.9 Å². The maximum atomic E-state index is 12.3. The maximum Gasteiger partial charge on any atom is 0.187 e. The Morgan fingerprint density at radius 1 is 0.413 bits per heavy atom. The van der Waals surface area contributed by atoms with Gasteiger partial charge in [0.05, 0.1) is 25.9 Å². The number of hydrogen-bond acceptors (Lipinski definition) is 16. The molecule has 6 saturated heterocycles. The lowest BCUT2D eigenvalue weighted by Crippen LogP contribution is -2.69. The third kappa shape index (κ3) is 9.34. The molecule has 0 saturated carbocycles. The van der Waals surface area contributed by atoms with Gasteiger partial charge in [-0.2, -0.15) is 0 Å². The topological polar surface area (TPSA) is 192 Å². The molecule has 1 aliphatic carbocycles. The summed E-state index contributed by atoms with van der Waals surface area (Å²) in [6, 6.07) is 20.7. The number of ether oxygens (including phenoxy) is 12. The second-order valence-electron chi connectivity index (χ2n) is 16.4. The van der Waals surface area contributed by atoms with Crippen LogP contribution in [0.3, 0.4) is 0 Å². The molecule has 6 fully saturated rings. The van der Waals surface area contributed by atoms with Crippen molar-refractivity contribution in [3.8, 4) is 0 Å². The lowest BCUT2D eigenvalue weighted by Gasteiger charge is -2.52. The first-order valence-corrected chi connectivity index (χ1v) is 22.1. The van der Waals surface area contributed by atoms with E-state index in [0.29, 0.717) is 44.6 Å². The van der Waals surface area contributed by atoms with Crippen LogP contribution in [0.2, 0.25) is 15.1 Å². The molecule has 4 N–H and O–H groups in total. The van der Waals surface area contributed by atoms with Gasteiger partial charge in [-0.05, 0) is 49.2 Å². The molecule has 6 aliphatic heterocycles. The van der Waals surface area contributed by atoms with Gasteiger partial charge in [-0.25, -0.2) is 0 Å². The molecule has 63 heavy (non-hydrogen) atoms. The number of hydrogen-bond donors (Lipinski definition) is 4. The van der Waals surface area contributed by atoms with Crippen LogP contribution in [0, 0.1) is 0 Å². The monoisotopic (exact) mass is 936 g/mol. The summed E-state index contributed by atoms with van der Waals surface area (Å²) >= 11 is 18.4. The van der Waals surface area contributed by atoms with Crippen LogP contribution >= 0.6 is 34.8 Å². The molecular formula is C44H47Cl3O16. The molecule has 0 aromatic heterocycles. The van der Waals surface area contributed by atoms with E-state index in [0.717, 1.165) is 0 Å². The Kier molecular flexibility index (Phi) is 13.5. The van der Waals surface area contributed by atoms with Gasteiger partial charge in [0, 0.05) is 31.8 Å². The first kappa shape index (κ1) is 44.5. The highest BCUT2D eigenvalue weighted by atomic mass is 35.5. The smallest absolute Gasteiger partial charge is 0.187 e. The SMILES string of the molecule is O[C@@H]1[C@@H](O)[C@H](O[C@@H]2[C@@H](O)[C@H](O[C@@H]3[C@@H](O)[C@H](OC4CC=CC4)O[C@@H]4COC(c5ccc(Cl)cc5)O[C@@H]34)O[C@@H]3COC(c4ccc(Cl)cc4)O[C@@H]23)O[C@@H]2COC(c3ccc(Cl)cc3)O[C@@H]12. The zero-order valence-corrected chi connectivity index (χ0v) is 35.7. The number of benzene rings is 3. The zero-order valence-electron chi connectivity index (χ0n) is 33.4. The lowest BCUT2D eigenvalue weighted by molar-refractivity contribution is -0.422. The predicted molar refractivity (Wildman–Crippen MR) is 218 cm³/mol. The summed E-state index contributed by atoms with van der Waals surface area (Å²) in [6.45, 7) is -0.0179. The van der Waals surface area contributed by atoms with Crippen molar-refractivity contribution in [1.29, 1.82) is 0 Å². The van der Waals surface area contributed by atoms with Crippen LogP contribution in [-0.2, 0) is 56.8 Å². The van der Waals surface area contributed by atoms with Gasteiger partial charge < -0.3 is 77.3 Å². The van der Waals surface area contributed by atoms with E-state index < -0.39 is 111 Å². The Morgan fingerprint density at radius 2 is 0.762 bits per heavy atom. The quantitative estimate of drug-likeness (QED) is 0.221. The van der Waals surface area contributed by atoms with Gasteiger partial charge in [-0.1, -0.05) is 83.4 Å². The van der Waals surface area contributed by atoms with Crippen LogP contribution < -0.4 is 0 Å². The van der Waals surface area contributed by atoms with Crippen molar-refractivity contribution < 1.29 is 77.3 Å². The number of fused-ring (bicyclic) bond motifs is 3. The summed E-state index contributed by atoms with van der Waals surface area (Å²) in [5.74, 6) is 0. The Balaban J connectivity index is 0.911. The van der Waals surface area contributed by atoms with E-state index in [1.807, 2.05) is 12.2 Å². The van der Waals surface area contributed by atoms with E-state index in [2.05, 4.69) is 0 Å². The van der Waals surface area contributed by atoms with Crippen LogP contribution in [0.5, 0.6) is 0 Å². The van der Waals surface area contributed by atoms with Crippen molar-refractivity contribution in [2.75, 3.05) is 19.8 Å². The summed E-state index contributed by atoms with van der Waals surface area (Å²) in [5.41, 5.74) is 1.96. The summed E-state index contributed by atoms with van der Waals surface area (Å²) in [6.07, 6.45) is -16.2. The van der Waals surface area contributed by atoms with Gasteiger partial charge in [0.1, 0.15) is 73.2 Å². The van der Waals surface area contributed by atoms with E-state index in [9.17, 15) is 20.4 Å². The maximum absolute atomic E-state index is 12.3. The number of rotatable bonds is 9. The second kappa shape index (κ2) is 19.1. The minimum Gasteiger partial charge on any atom is -0.387 e. The second-order valence-corrected chi connectivity index (χ2v) is 17.8. The fraction of sp³-hybridized carbons (Fsp3) is 0.545. The van der Waals surface area contributed by atoms with Crippen molar-refractivity contribution in [2.45, 2.75) is 130 Å². The fourth-order valence-corrected chi connectivity index (χ4v) is 9.30. The number of aliphatic hydroxyl groups excluding tert-OH is 4.